The van der Waals surface area contributed by atoms with Crippen molar-refractivity contribution < 1.29 is 14.8 Å². The van der Waals surface area contributed by atoms with E-state index in [-0.39, 0.29) is 5.69 Å². The average Bonchev–Trinajstić information content (AvgIpc) is 2.39. The number of benzene rings is 1. The predicted molar refractivity (Wildman–Crippen MR) is 75.6 cm³/mol. The normalized spacial score (nSPS) is 12.1. The van der Waals surface area contributed by atoms with Crippen LogP contribution < -0.4 is 5.73 Å². The van der Waals surface area contributed by atoms with Gasteiger partial charge in [0.2, 0.25) is 0 Å². The van der Waals surface area contributed by atoms with E-state index in [0.29, 0.717) is 24.9 Å². The van der Waals surface area contributed by atoms with E-state index in [2.05, 4.69) is 0 Å². The van der Waals surface area contributed by atoms with E-state index < -0.39 is 16.8 Å². The van der Waals surface area contributed by atoms with Crippen molar-refractivity contribution >= 4 is 11.7 Å². The first-order valence-corrected chi connectivity index (χ1v) is 6.63. The van der Waals surface area contributed by atoms with Gasteiger partial charge in [0.05, 0.1) is 10.8 Å². The number of carboxylic acid groups (broad SMARTS) is 1. The number of nitro benzene ring substituents is 1. The van der Waals surface area contributed by atoms with Gasteiger partial charge in [0, 0.05) is 11.6 Å². The first kappa shape index (κ1) is 16.1. The molecule has 0 saturated heterocycles. The fourth-order valence-electron chi connectivity index (χ4n) is 2.20. The minimum atomic E-state index is -0.868. The van der Waals surface area contributed by atoms with Gasteiger partial charge in [0.15, 0.2) is 0 Å². The van der Waals surface area contributed by atoms with E-state index >= 15 is 0 Å². The van der Waals surface area contributed by atoms with Crippen LogP contribution in [-0.2, 0) is 11.2 Å². The van der Waals surface area contributed by atoms with E-state index in [1.165, 1.54) is 6.07 Å². The Morgan fingerprint density at radius 1 is 1.45 bits per heavy atom. The van der Waals surface area contributed by atoms with Crippen LogP contribution in [0.15, 0.2) is 18.2 Å². The van der Waals surface area contributed by atoms with Gasteiger partial charge in [-0.2, -0.15) is 0 Å². The Morgan fingerprint density at radius 3 is 2.70 bits per heavy atom. The molecule has 1 unspecified atom stereocenters. The zero-order valence-electron chi connectivity index (χ0n) is 11.5. The third kappa shape index (κ3) is 4.31. The molecule has 1 aromatic rings. The van der Waals surface area contributed by atoms with E-state index in [9.17, 15) is 20.0 Å². The highest BCUT2D eigenvalue weighted by Gasteiger charge is 2.21. The first-order chi connectivity index (χ1) is 9.47. The van der Waals surface area contributed by atoms with Gasteiger partial charge in [-0.3, -0.25) is 14.9 Å². The van der Waals surface area contributed by atoms with Crippen molar-refractivity contribution in [3.05, 3.63) is 39.4 Å². The topological polar surface area (TPSA) is 106 Å². The fraction of sp³-hybridized carbons (Fsp3) is 0.500. The third-order valence-electron chi connectivity index (χ3n) is 3.44. The molecule has 0 heterocycles. The molecule has 0 aromatic heterocycles. The number of carboxylic acids is 1. The monoisotopic (exact) mass is 280 g/mol. The number of unbranched alkanes of at least 4 members (excludes halogenated alkanes) is 1. The number of aliphatic carboxylic acids is 1. The lowest BCUT2D eigenvalue weighted by atomic mass is 9.91. The van der Waals surface area contributed by atoms with Crippen LogP contribution in [-0.4, -0.2) is 22.5 Å². The summed E-state index contributed by atoms with van der Waals surface area (Å²) in [6, 6.07) is 4.78. The minimum Gasteiger partial charge on any atom is -0.481 e. The van der Waals surface area contributed by atoms with Gasteiger partial charge in [0.1, 0.15) is 0 Å². The quantitative estimate of drug-likeness (QED) is 0.431. The highest BCUT2D eigenvalue weighted by molar-refractivity contribution is 5.70. The molecular weight excluding hydrogens is 260 g/mol. The van der Waals surface area contributed by atoms with Crippen LogP contribution in [0.5, 0.6) is 0 Å². The van der Waals surface area contributed by atoms with Crippen LogP contribution >= 0.6 is 0 Å². The Morgan fingerprint density at radius 2 is 2.15 bits per heavy atom. The van der Waals surface area contributed by atoms with Gasteiger partial charge in [-0.1, -0.05) is 18.6 Å². The summed E-state index contributed by atoms with van der Waals surface area (Å²) in [5.41, 5.74) is 6.70. The molecule has 3 N–H and O–H groups in total. The summed E-state index contributed by atoms with van der Waals surface area (Å²) in [7, 11) is 0. The van der Waals surface area contributed by atoms with Crippen molar-refractivity contribution in [3.63, 3.8) is 0 Å². The Hall–Kier alpha value is -1.95. The molecular formula is C14H20N2O4. The number of rotatable bonds is 8. The number of nitro groups is 1. The summed E-state index contributed by atoms with van der Waals surface area (Å²) in [5, 5.41) is 20.1. The summed E-state index contributed by atoms with van der Waals surface area (Å²) >= 11 is 0. The largest absolute Gasteiger partial charge is 0.481 e. The molecule has 20 heavy (non-hydrogen) atoms. The smallest absolute Gasteiger partial charge is 0.306 e. The number of nitrogens with two attached hydrogens (primary N) is 1. The zero-order chi connectivity index (χ0) is 15.1. The van der Waals surface area contributed by atoms with Gasteiger partial charge < -0.3 is 10.8 Å². The van der Waals surface area contributed by atoms with E-state index in [4.69, 9.17) is 5.73 Å². The summed E-state index contributed by atoms with van der Waals surface area (Å²) in [6.07, 6.45) is 2.39. The second-order valence-corrected chi connectivity index (χ2v) is 4.84. The molecule has 6 nitrogen and oxygen atoms in total. The van der Waals surface area contributed by atoms with Gasteiger partial charge in [0.25, 0.3) is 5.69 Å². The Labute approximate surface area is 117 Å². The van der Waals surface area contributed by atoms with Crippen LogP contribution in [0.25, 0.3) is 0 Å². The van der Waals surface area contributed by atoms with Gasteiger partial charge >= 0.3 is 5.97 Å². The molecule has 0 aliphatic carbocycles. The summed E-state index contributed by atoms with van der Waals surface area (Å²) in [5.74, 6) is -1.39. The van der Waals surface area contributed by atoms with Crippen LogP contribution in [0.1, 0.15) is 30.4 Å². The molecule has 0 amide bonds. The average molecular weight is 280 g/mol. The number of hydrogen-bond acceptors (Lipinski definition) is 4. The van der Waals surface area contributed by atoms with Crippen LogP contribution in [0, 0.1) is 23.0 Å². The van der Waals surface area contributed by atoms with Crippen molar-refractivity contribution in [1.82, 2.24) is 0 Å². The Balaban J connectivity index is 2.86. The number of hydrogen-bond donors (Lipinski definition) is 2. The third-order valence-corrected chi connectivity index (χ3v) is 3.44. The maximum atomic E-state index is 11.3. The van der Waals surface area contributed by atoms with Crippen LogP contribution in [0.4, 0.5) is 5.69 Å². The SMILES string of the molecule is Cc1c(CC(CCCCN)C(=O)O)cccc1[N+](=O)[O-]. The van der Waals surface area contributed by atoms with Crippen molar-refractivity contribution in [2.75, 3.05) is 6.54 Å². The first-order valence-electron chi connectivity index (χ1n) is 6.63. The van der Waals surface area contributed by atoms with Crippen LogP contribution in [0.2, 0.25) is 0 Å². The second kappa shape index (κ2) is 7.59. The Bertz CT molecular complexity index is 488. The standard InChI is InChI=1S/C14H20N2O4/c1-10-11(6-4-7-13(10)16(19)20)9-12(14(17)18)5-2-3-8-15/h4,6-7,12H,2-3,5,8-9,15H2,1H3,(H,17,18). The predicted octanol–water partition coefficient (Wildman–Crippen LogP) is 2.28. The highest BCUT2D eigenvalue weighted by atomic mass is 16.6. The zero-order valence-corrected chi connectivity index (χ0v) is 11.5. The van der Waals surface area contributed by atoms with Crippen molar-refractivity contribution in [2.45, 2.75) is 32.6 Å². The highest BCUT2D eigenvalue weighted by Crippen LogP contribution is 2.25. The van der Waals surface area contributed by atoms with Crippen molar-refractivity contribution in [1.29, 1.82) is 0 Å². The van der Waals surface area contributed by atoms with Gasteiger partial charge in [-0.25, -0.2) is 0 Å². The molecule has 0 saturated carbocycles. The van der Waals surface area contributed by atoms with Crippen molar-refractivity contribution in [3.8, 4) is 0 Å². The summed E-state index contributed by atoms with van der Waals surface area (Å²) in [4.78, 5) is 21.7. The van der Waals surface area contributed by atoms with E-state index in [1.54, 1.807) is 19.1 Å². The lowest BCUT2D eigenvalue weighted by molar-refractivity contribution is -0.385. The summed E-state index contributed by atoms with van der Waals surface area (Å²) in [6.45, 7) is 2.20. The number of nitrogens with zero attached hydrogens (tertiary/aromatic N) is 1. The molecule has 6 heteroatoms. The molecule has 1 rings (SSSR count). The molecule has 0 aliphatic heterocycles. The Kier molecular flexibility index (Phi) is 6.11. The lowest BCUT2D eigenvalue weighted by Crippen LogP contribution is -2.17. The fourth-order valence-corrected chi connectivity index (χ4v) is 2.20. The molecule has 1 atom stereocenters. The van der Waals surface area contributed by atoms with Crippen molar-refractivity contribution in [2.24, 2.45) is 11.7 Å². The maximum Gasteiger partial charge on any atom is 0.306 e. The van der Waals surface area contributed by atoms with E-state index in [1.807, 2.05) is 0 Å². The minimum absolute atomic E-state index is 0.0357. The second-order valence-electron chi connectivity index (χ2n) is 4.84. The maximum absolute atomic E-state index is 11.3. The molecule has 0 spiro atoms. The molecule has 110 valence electrons. The number of carbonyl (C=O) groups is 1. The van der Waals surface area contributed by atoms with Gasteiger partial charge in [-0.15, -0.1) is 0 Å². The summed E-state index contributed by atoms with van der Waals surface area (Å²) < 4.78 is 0. The van der Waals surface area contributed by atoms with E-state index in [0.717, 1.165) is 18.4 Å². The van der Waals surface area contributed by atoms with Crippen LogP contribution in [0.3, 0.4) is 0 Å². The molecule has 0 radical (unpaired) electrons. The molecule has 0 fully saturated rings. The lowest BCUT2D eigenvalue weighted by Gasteiger charge is -2.13. The molecule has 0 bridgehead atoms. The molecule has 0 aliphatic rings. The van der Waals surface area contributed by atoms with Gasteiger partial charge in [-0.05, 0) is 38.3 Å². The molecule has 1 aromatic carbocycles.